The summed E-state index contributed by atoms with van der Waals surface area (Å²) in [6.07, 6.45) is 0.265. The Morgan fingerprint density at radius 3 is 1.23 bits per heavy atom. The van der Waals surface area contributed by atoms with Crippen molar-refractivity contribution in [3.05, 3.63) is 119 Å². The lowest BCUT2D eigenvalue weighted by Gasteiger charge is -2.13. The number of rotatable bonds is 17. The summed E-state index contributed by atoms with van der Waals surface area (Å²) in [7, 11) is 0. The first-order valence-corrected chi connectivity index (χ1v) is 16.0. The molecule has 10 nitrogen and oxygen atoms in total. The molecule has 6 rings (SSSR count). The second kappa shape index (κ2) is 15.9. The fourth-order valence-electron chi connectivity index (χ4n) is 4.66. The molecule has 0 spiro atoms. The summed E-state index contributed by atoms with van der Waals surface area (Å²) in [5, 5.41) is 0. The van der Waals surface area contributed by atoms with Gasteiger partial charge in [0.05, 0.1) is 49.8 Å². The van der Waals surface area contributed by atoms with E-state index in [-0.39, 0.29) is 37.6 Å². The van der Waals surface area contributed by atoms with E-state index in [9.17, 15) is 9.59 Å². The summed E-state index contributed by atoms with van der Waals surface area (Å²) in [6.45, 7) is 7.17. The van der Waals surface area contributed by atoms with Gasteiger partial charge in [-0.3, -0.25) is 0 Å². The van der Waals surface area contributed by atoms with Crippen molar-refractivity contribution in [1.82, 2.24) is 0 Å². The maximum Gasteiger partial charge on any atom is 0.343 e. The lowest BCUT2D eigenvalue weighted by molar-refractivity contribution is 0.0538. The van der Waals surface area contributed by atoms with Crippen molar-refractivity contribution in [2.45, 2.75) is 38.3 Å². The van der Waals surface area contributed by atoms with E-state index in [0.717, 1.165) is 24.3 Å². The Bertz CT molecular complexity index is 1500. The molecule has 0 aromatic heterocycles. The number of hydrogen-bond acceptors (Lipinski definition) is 10. The topological polar surface area (TPSA) is 115 Å². The molecule has 4 aromatic rings. The molecule has 4 atom stereocenters. The van der Waals surface area contributed by atoms with E-state index in [4.69, 9.17) is 37.9 Å². The summed E-state index contributed by atoms with van der Waals surface area (Å²) < 4.78 is 44.4. The van der Waals surface area contributed by atoms with E-state index in [0.29, 0.717) is 47.3 Å². The highest BCUT2D eigenvalue weighted by Crippen LogP contribution is 2.25. The molecule has 4 aromatic carbocycles. The second-order valence-electron chi connectivity index (χ2n) is 11.5. The third-order valence-corrected chi connectivity index (χ3v) is 7.79. The first kappa shape index (κ1) is 33.2. The van der Waals surface area contributed by atoms with Gasteiger partial charge in [-0.15, -0.1) is 0 Å². The van der Waals surface area contributed by atoms with E-state index in [2.05, 4.69) is 0 Å². The summed E-state index contributed by atoms with van der Waals surface area (Å²) >= 11 is 0. The van der Waals surface area contributed by atoms with Crippen LogP contribution in [0.25, 0.3) is 0 Å². The van der Waals surface area contributed by atoms with Crippen LogP contribution in [0.1, 0.15) is 57.9 Å². The molecule has 0 aliphatic carbocycles. The van der Waals surface area contributed by atoms with E-state index >= 15 is 0 Å². The SMILES string of the molecule is CC(OCC1CO1)c1ccc(OC(=O)c2ccc(OCCOc3ccc(C(=O)Oc4ccc(C(C)OCC5CO5)cc4)cc3)cc2)cc1. The van der Waals surface area contributed by atoms with Crippen LogP contribution in [0.3, 0.4) is 0 Å². The molecule has 0 N–H and O–H groups in total. The van der Waals surface area contributed by atoms with Crippen LogP contribution in [0.5, 0.6) is 23.0 Å². The van der Waals surface area contributed by atoms with E-state index in [1.807, 2.05) is 38.1 Å². The van der Waals surface area contributed by atoms with Crippen molar-refractivity contribution >= 4 is 11.9 Å². The largest absolute Gasteiger partial charge is 0.490 e. The summed E-state index contributed by atoms with van der Waals surface area (Å²) in [4.78, 5) is 25.2. The Morgan fingerprint density at radius 1 is 0.562 bits per heavy atom. The molecule has 2 saturated heterocycles. The zero-order valence-corrected chi connectivity index (χ0v) is 26.9. The van der Waals surface area contributed by atoms with E-state index in [1.54, 1.807) is 72.8 Å². The predicted octanol–water partition coefficient (Wildman–Crippen LogP) is 6.54. The minimum absolute atomic E-state index is 0.0771. The zero-order chi connectivity index (χ0) is 33.3. The summed E-state index contributed by atoms with van der Waals surface area (Å²) in [6, 6.07) is 27.9. The van der Waals surface area contributed by atoms with Gasteiger partial charge >= 0.3 is 11.9 Å². The monoisotopic (exact) mass is 654 g/mol. The van der Waals surface area contributed by atoms with Crippen molar-refractivity contribution in [2.75, 3.05) is 39.6 Å². The number of ether oxygens (including phenoxy) is 8. The molecule has 0 radical (unpaired) electrons. The predicted molar refractivity (Wildman–Crippen MR) is 175 cm³/mol. The Balaban J connectivity index is 0.884. The number of carbonyl (C=O) groups is 2. The highest BCUT2D eigenvalue weighted by atomic mass is 16.6. The van der Waals surface area contributed by atoms with Crippen molar-refractivity contribution in [2.24, 2.45) is 0 Å². The van der Waals surface area contributed by atoms with Gasteiger partial charge in [-0.25, -0.2) is 9.59 Å². The van der Waals surface area contributed by atoms with Gasteiger partial charge in [0.1, 0.15) is 48.4 Å². The molecule has 4 unspecified atom stereocenters. The standard InChI is InChI=1S/C38H38O10/c1-25(43-21-35-23-45-35)27-3-15-33(16-4-27)47-37(39)29-7-11-31(12-8-29)41-19-20-42-32-13-9-30(10-14-32)38(40)48-34-17-5-28(6-18-34)26(2)44-22-36-24-46-36/h3-18,25-26,35-36H,19-24H2,1-2H3. The van der Waals surface area contributed by atoms with Crippen LogP contribution < -0.4 is 18.9 Å². The summed E-state index contributed by atoms with van der Waals surface area (Å²) in [5.74, 6) is 1.15. The third kappa shape index (κ3) is 9.88. The van der Waals surface area contributed by atoms with Crippen LogP contribution in [0.4, 0.5) is 0 Å². The minimum Gasteiger partial charge on any atom is -0.490 e. The van der Waals surface area contributed by atoms with Crippen LogP contribution in [0, 0.1) is 0 Å². The Morgan fingerprint density at radius 2 is 0.896 bits per heavy atom. The average molecular weight is 655 g/mol. The first-order chi connectivity index (χ1) is 23.4. The second-order valence-corrected chi connectivity index (χ2v) is 11.5. The van der Waals surface area contributed by atoms with E-state index in [1.165, 1.54) is 0 Å². The van der Waals surface area contributed by atoms with Gasteiger partial charge in [0.25, 0.3) is 0 Å². The Labute approximate surface area is 279 Å². The smallest absolute Gasteiger partial charge is 0.343 e. The zero-order valence-electron chi connectivity index (χ0n) is 26.9. The quantitative estimate of drug-likeness (QED) is 0.0538. The Hall–Kier alpha value is -4.74. The van der Waals surface area contributed by atoms with Crippen molar-refractivity contribution in [1.29, 1.82) is 0 Å². The highest BCUT2D eigenvalue weighted by molar-refractivity contribution is 5.91. The van der Waals surface area contributed by atoms with Gasteiger partial charge in [0.15, 0.2) is 0 Å². The number of benzene rings is 4. The molecule has 2 fully saturated rings. The Kier molecular flexibility index (Phi) is 11.0. The van der Waals surface area contributed by atoms with Gasteiger partial charge in [-0.05, 0) is 97.8 Å². The molecule has 2 aliphatic heterocycles. The van der Waals surface area contributed by atoms with Gasteiger partial charge in [-0.1, -0.05) is 24.3 Å². The molecule has 250 valence electrons. The normalized spacial score (nSPS) is 17.5. The molecular formula is C38H38O10. The molecule has 0 amide bonds. The lowest BCUT2D eigenvalue weighted by Crippen LogP contribution is -2.11. The number of epoxide rings is 2. The van der Waals surface area contributed by atoms with Crippen molar-refractivity contribution in [3.8, 4) is 23.0 Å². The van der Waals surface area contributed by atoms with Crippen LogP contribution >= 0.6 is 0 Å². The van der Waals surface area contributed by atoms with Gasteiger partial charge < -0.3 is 37.9 Å². The molecule has 2 heterocycles. The minimum atomic E-state index is -0.464. The van der Waals surface area contributed by atoms with Crippen molar-refractivity contribution < 1.29 is 47.5 Å². The van der Waals surface area contributed by atoms with Gasteiger partial charge in [-0.2, -0.15) is 0 Å². The van der Waals surface area contributed by atoms with Gasteiger partial charge in [0.2, 0.25) is 0 Å². The van der Waals surface area contributed by atoms with Crippen LogP contribution in [-0.2, 0) is 18.9 Å². The summed E-state index contributed by atoms with van der Waals surface area (Å²) in [5.41, 5.74) is 2.79. The van der Waals surface area contributed by atoms with Crippen LogP contribution in [0.2, 0.25) is 0 Å². The maximum atomic E-state index is 12.6. The van der Waals surface area contributed by atoms with E-state index < -0.39 is 11.9 Å². The molecule has 0 saturated carbocycles. The van der Waals surface area contributed by atoms with Crippen LogP contribution in [-0.4, -0.2) is 63.8 Å². The van der Waals surface area contributed by atoms with Crippen LogP contribution in [0.15, 0.2) is 97.1 Å². The third-order valence-electron chi connectivity index (χ3n) is 7.79. The molecule has 2 aliphatic rings. The molecular weight excluding hydrogens is 616 g/mol. The fraction of sp³-hybridized carbons (Fsp3) is 0.316. The van der Waals surface area contributed by atoms with Gasteiger partial charge in [0, 0.05) is 0 Å². The first-order valence-electron chi connectivity index (χ1n) is 16.0. The lowest BCUT2D eigenvalue weighted by atomic mass is 10.1. The fourth-order valence-corrected chi connectivity index (χ4v) is 4.66. The average Bonchev–Trinajstić information content (AvgIpc) is 4.05. The number of carbonyl (C=O) groups excluding carboxylic acids is 2. The number of hydrogen-bond donors (Lipinski definition) is 0. The highest BCUT2D eigenvalue weighted by Gasteiger charge is 2.24. The van der Waals surface area contributed by atoms with Crippen molar-refractivity contribution in [3.63, 3.8) is 0 Å². The molecule has 0 bridgehead atoms. The molecule has 10 heteroatoms. The maximum absolute atomic E-state index is 12.6. The molecule has 48 heavy (non-hydrogen) atoms. The number of esters is 2.